The zero-order valence-electron chi connectivity index (χ0n) is 16.2. The van der Waals surface area contributed by atoms with Gasteiger partial charge in [0.05, 0.1) is 31.2 Å². The number of rotatable bonds is 4. The van der Waals surface area contributed by atoms with Crippen LogP contribution >= 0.6 is 0 Å². The van der Waals surface area contributed by atoms with Crippen molar-refractivity contribution in [2.75, 3.05) is 26.7 Å². The molecule has 8 heteroatoms. The Bertz CT molecular complexity index is 931. The first-order valence-electron chi connectivity index (χ1n) is 9.37. The van der Waals surface area contributed by atoms with E-state index in [1.807, 2.05) is 73.9 Å². The quantitative estimate of drug-likeness (QED) is 0.552. The zero-order chi connectivity index (χ0) is 19.3. The van der Waals surface area contributed by atoms with Crippen LogP contribution in [0, 0.1) is 0 Å². The van der Waals surface area contributed by atoms with Gasteiger partial charge in [0.25, 0.3) is 0 Å². The molecule has 3 aromatic rings. The van der Waals surface area contributed by atoms with Gasteiger partial charge in [0.1, 0.15) is 6.10 Å². The number of morpholine rings is 1. The number of hydrogen-bond acceptors (Lipinski definition) is 4. The van der Waals surface area contributed by atoms with Gasteiger partial charge in [-0.15, -0.1) is 0 Å². The van der Waals surface area contributed by atoms with E-state index in [1.54, 1.807) is 4.68 Å². The number of guanidine groups is 1. The summed E-state index contributed by atoms with van der Waals surface area (Å²) in [6.07, 6.45) is 7.78. The van der Waals surface area contributed by atoms with E-state index in [9.17, 15) is 0 Å². The van der Waals surface area contributed by atoms with E-state index in [0.717, 1.165) is 35.9 Å². The molecule has 0 amide bonds. The van der Waals surface area contributed by atoms with E-state index < -0.39 is 0 Å². The molecule has 8 nitrogen and oxygen atoms in total. The predicted molar refractivity (Wildman–Crippen MR) is 107 cm³/mol. The molecule has 4 rings (SSSR count). The lowest BCUT2D eigenvalue weighted by Crippen LogP contribution is -2.47. The van der Waals surface area contributed by atoms with Crippen LogP contribution in [0.2, 0.25) is 0 Å². The summed E-state index contributed by atoms with van der Waals surface area (Å²) in [5, 5.41) is 12.1. The van der Waals surface area contributed by atoms with Crippen LogP contribution in [-0.4, -0.2) is 57.2 Å². The van der Waals surface area contributed by atoms with Gasteiger partial charge in [-0.25, -0.2) is 4.68 Å². The molecule has 1 atom stereocenters. The first-order valence-corrected chi connectivity index (χ1v) is 9.37. The number of nitrogens with zero attached hydrogens (tertiary/aromatic N) is 6. The van der Waals surface area contributed by atoms with Crippen LogP contribution in [-0.2, 0) is 18.3 Å². The van der Waals surface area contributed by atoms with Crippen LogP contribution in [0.4, 0.5) is 0 Å². The Labute approximate surface area is 164 Å². The van der Waals surface area contributed by atoms with Gasteiger partial charge in [-0.1, -0.05) is 18.2 Å². The third-order valence-electron chi connectivity index (χ3n) is 4.78. The summed E-state index contributed by atoms with van der Waals surface area (Å²) in [4.78, 5) is 6.68. The standard InChI is InChI=1S/C20H25N7O/c1-21-20(26-8-9-28-19(15-26)17-12-23-25(2)14-17)22-10-16-11-24-27(13-16)18-6-4-3-5-7-18/h3-7,11-14,19H,8-10,15H2,1-2H3,(H,21,22). The Morgan fingerprint density at radius 2 is 2.07 bits per heavy atom. The van der Waals surface area contributed by atoms with Crippen molar-refractivity contribution >= 4 is 5.96 Å². The second kappa shape index (κ2) is 8.26. The highest BCUT2D eigenvalue weighted by molar-refractivity contribution is 5.80. The number of aliphatic imine (C=N–C) groups is 1. The van der Waals surface area contributed by atoms with E-state index in [-0.39, 0.29) is 6.10 Å². The van der Waals surface area contributed by atoms with Gasteiger partial charge in [-0.3, -0.25) is 9.67 Å². The minimum Gasteiger partial charge on any atom is -0.370 e. The lowest BCUT2D eigenvalue weighted by molar-refractivity contribution is -0.00805. The van der Waals surface area contributed by atoms with E-state index in [4.69, 9.17) is 4.74 Å². The van der Waals surface area contributed by atoms with Crippen LogP contribution in [0.3, 0.4) is 0 Å². The molecule has 0 radical (unpaired) electrons. The molecule has 0 saturated carbocycles. The average Bonchev–Trinajstić information content (AvgIpc) is 3.39. The fraction of sp³-hybridized carbons (Fsp3) is 0.350. The van der Waals surface area contributed by atoms with Crippen LogP contribution in [0.15, 0.2) is 60.1 Å². The second-order valence-electron chi connectivity index (χ2n) is 6.78. The Balaban J connectivity index is 1.38. The summed E-state index contributed by atoms with van der Waals surface area (Å²) in [5.74, 6) is 0.865. The fourth-order valence-corrected chi connectivity index (χ4v) is 3.34. The Morgan fingerprint density at radius 1 is 1.21 bits per heavy atom. The molecule has 1 unspecified atom stereocenters. The number of benzene rings is 1. The van der Waals surface area contributed by atoms with Gasteiger partial charge < -0.3 is 15.0 Å². The lowest BCUT2D eigenvalue weighted by atomic mass is 10.1. The second-order valence-corrected chi connectivity index (χ2v) is 6.78. The Morgan fingerprint density at radius 3 is 2.82 bits per heavy atom. The fourth-order valence-electron chi connectivity index (χ4n) is 3.34. The number of ether oxygens (including phenoxy) is 1. The van der Waals surface area contributed by atoms with E-state index in [1.165, 1.54) is 0 Å². The Kier molecular flexibility index (Phi) is 5.38. The van der Waals surface area contributed by atoms with E-state index in [0.29, 0.717) is 13.2 Å². The molecule has 2 aromatic heterocycles. The van der Waals surface area contributed by atoms with Gasteiger partial charge in [0.2, 0.25) is 0 Å². The number of hydrogen-bond donors (Lipinski definition) is 1. The molecule has 1 aliphatic heterocycles. The summed E-state index contributed by atoms with van der Waals surface area (Å²) in [5.41, 5.74) is 3.24. The molecule has 0 aliphatic carbocycles. The van der Waals surface area contributed by atoms with Crippen molar-refractivity contribution in [3.8, 4) is 5.69 Å². The minimum atomic E-state index is 0.00170. The highest BCUT2D eigenvalue weighted by Gasteiger charge is 2.25. The highest BCUT2D eigenvalue weighted by Crippen LogP contribution is 2.21. The summed E-state index contributed by atoms with van der Waals surface area (Å²) in [6, 6.07) is 10.1. The Hall–Kier alpha value is -3.13. The molecular formula is C20H25N7O. The smallest absolute Gasteiger partial charge is 0.194 e. The van der Waals surface area contributed by atoms with Crippen molar-refractivity contribution in [3.63, 3.8) is 0 Å². The van der Waals surface area contributed by atoms with Crippen molar-refractivity contribution in [3.05, 3.63) is 66.2 Å². The van der Waals surface area contributed by atoms with Crippen LogP contribution in [0.25, 0.3) is 5.69 Å². The van der Waals surface area contributed by atoms with Crippen molar-refractivity contribution in [1.82, 2.24) is 29.8 Å². The van der Waals surface area contributed by atoms with Crippen molar-refractivity contribution < 1.29 is 4.74 Å². The van der Waals surface area contributed by atoms with Gasteiger partial charge in [-0.05, 0) is 12.1 Å². The summed E-state index contributed by atoms with van der Waals surface area (Å²) in [7, 11) is 3.73. The molecule has 28 heavy (non-hydrogen) atoms. The third-order valence-corrected chi connectivity index (χ3v) is 4.78. The van der Waals surface area contributed by atoms with Crippen molar-refractivity contribution in [2.45, 2.75) is 12.6 Å². The van der Waals surface area contributed by atoms with Crippen LogP contribution in [0.1, 0.15) is 17.2 Å². The SMILES string of the molecule is CN=C(NCc1cnn(-c2ccccc2)c1)N1CCOC(c2cnn(C)c2)C1. The lowest BCUT2D eigenvalue weighted by Gasteiger charge is -2.34. The average molecular weight is 379 g/mol. The monoisotopic (exact) mass is 379 g/mol. The molecule has 1 fully saturated rings. The third kappa shape index (κ3) is 4.07. The number of aryl methyl sites for hydroxylation is 1. The van der Waals surface area contributed by atoms with Gasteiger partial charge in [0, 0.05) is 50.7 Å². The van der Waals surface area contributed by atoms with E-state index in [2.05, 4.69) is 25.4 Å². The highest BCUT2D eigenvalue weighted by atomic mass is 16.5. The molecule has 0 spiro atoms. The molecule has 3 heterocycles. The molecule has 1 aliphatic rings. The molecule has 0 bridgehead atoms. The number of aromatic nitrogens is 4. The largest absolute Gasteiger partial charge is 0.370 e. The first-order chi connectivity index (χ1) is 13.7. The normalized spacial score (nSPS) is 17.7. The van der Waals surface area contributed by atoms with Gasteiger partial charge in [0.15, 0.2) is 5.96 Å². The summed E-state index contributed by atoms with van der Waals surface area (Å²) < 4.78 is 9.61. The number of para-hydroxylation sites is 1. The molecule has 1 aromatic carbocycles. The predicted octanol–water partition coefficient (Wildman–Crippen LogP) is 1.75. The number of nitrogens with one attached hydrogen (secondary N) is 1. The van der Waals surface area contributed by atoms with Gasteiger partial charge in [-0.2, -0.15) is 10.2 Å². The summed E-state index contributed by atoms with van der Waals surface area (Å²) >= 11 is 0. The van der Waals surface area contributed by atoms with E-state index >= 15 is 0 Å². The maximum atomic E-state index is 5.93. The molecular weight excluding hydrogens is 354 g/mol. The van der Waals surface area contributed by atoms with Crippen molar-refractivity contribution in [2.24, 2.45) is 12.0 Å². The molecule has 146 valence electrons. The maximum absolute atomic E-state index is 5.93. The first kappa shape index (κ1) is 18.2. The minimum absolute atomic E-state index is 0.00170. The van der Waals surface area contributed by atoms with Crippen molar-refractivity contribution in [1.29, 1.82) is 0 Å². The zero-order valence-corrected chi connectivity index (χ0v) is 16.2. The molecule has 1 saturated heterocycles. The van der Waals surface area contributed by atoms with Crippen LogP contribution < -0.4 is 5.32 Å². The summed E-state index contributed by atoms with van der Waals surface area (Å²) in [6.45, 7) is 2.87. The maximum Gasteiger partial charge on any atom is 0.194 e. The topological polar surface area (TPSA) is 72.5 Å². The van der Waals surface area contributed by atoms with Crippen LogP contribution in [0.5, 0.6) is 0 Å². The molecule has 1 N–H and O–H groups in total. The van der Waals surface area contributed by atoms with Gasteiger partial charge >= 0.3 is 0 Å².